The van der Waals surface area contributed by atoms with Gasteiger partial charge in [-0.3, -0.25) is 14.8 Å². The lowest BCUT2D eigenvalue weighted by Crippen LogP contribution is -2.46. The molecule has 0 radical (unpaired) electrons. The molecule has 2 fully saturated rings. The van der Waals surface area contributed by atoms with Crippen LogP contribution < -0.4 is 15.4 Å². The fourth-order valence-corrected chi connectivity index (χ4v) is 4.03. The first-order chi connectivity index (χ1) is 14.5. The zero-order chi connectivity index (χ0) is 21.3. The van der Waals surface area contributed by atoms with E-state index in [0.29, 0.717) is 24.6 Å². The summed E-state index contributed by atoms with van der Waals surface area (Å²) in [6, 6.07) is 9.31. The Balaban J connectivity index is 0.00000341. The number of hydrogen-bond acceptors (Lipinski definition) is 5. The van der Waals surface area contributed by atoms with E-state index in [0.717, 1.165) is 64.2 Å². The molecule has 2 aliphatic rings. The van der Waals surface area contributed by atoms with Crippen LogP contribution >= 0.6 is 24.0 Å². The largest absolute Gasteiger partial charge is 0.492 e. The van der Waals surface area contributed by atoms with Gasteiger partial charge >= 0.3 is 0 Å². The molecular formula is C23H40IN5O2. The van der Waals surface area contributed by atoms with Crippen molar-refractivity contribution in [3.63, 3.8) is 0 Å². The number of hydrogen-bond donors (Lipinski definition) is 2. The van der Waals surface area contributed by atoms with Crippen molar-refractivity contribution in [1.82, 2.24) is 20.4 Å². The van der Waals surface area contributed by atoms with Gasteiger partial charge in [0.15, 0.2) is 5.96 Å². The van der Waals surface area contributed by atoms with Crippen LogP contribution in [-0.4, -0.2) is 87.4 Å². The number of morpholine rings is 1. The van der Waals surface area contributed by atoms with Crippen LogP contribution in [0, 0.1) is 5.92 Å². The molecule has 2 N–H and O–H groups in total. The molecule has 0 bridgehead atoms. The van der Waals surface area contributed by atoms with Crippen molar-refractivity contribution < 1.29 is 9.47 Å². The minimum Gasteiger partial charge on any atom is -0.492 e. The van der Waals surface area contributed by atoms with Crippen LogP contribution in [0.1, 0.15) is 26.3 Å². The first-order valence-electron chi connectivity index (χ1n) is 11.3. The Morgan fingerprint density at radius 3 is 2.71 bits per heavy atom. The standard InChI is InChI=1S/C23H39N5O2.HI/c1-18(2)28-16-19(3)22(17-28)26-23(24-4)25-15-20-6-5-7-21(14-20)30-13-10-27-8-11-29-12-9-27;/h5-7,14,18-19,22H,8-13,15-17H2,1-4H3,(H2,24,25,26);1H. The van der Waals surface area contributed by atoms with Gasteiger partial charge in [-0.15, -0.1) is 24.0 Å². The van der Waals surface area contributed by atoms with Crippen LogP contribution in [0.3, 0.4) is 0 Å². The molecule has 2 heterocycles. The van der Waals surface area contributed by atoms with Crippen LogP contribution in [0.15, 0.2) is 29.3 Å². The highest BCUT2D eigenvalue weighted by Gasteiger charge is 2.31. The zero-order valence-corrected chi connectivity index (χ0v) is 21.8. The van der Waals surface area contributed by atoms with Gasteiger partial charge in [0.25, 0.3) is 0 Å². The predicted octanol–water partition coefficient (Wildman–Crippen LogP) is 2.41. The maximum atomic E-state index is 5.98. The molecule has 0 saturated carbocycles. The SMILES string of the molecule is CN=C(NCc1cccc(OCCN2CCOCC2)c1)NC1CN(C(C)C)CC1C.I. The second kappa shape index (κ2) is 13.4. The Labute approximate surface area is 205 Å². The number of nitrogens with one attached hydrogen (secondary N) is 2. The van der Waals surface area contributed by atoms with Crippen molar-refractivity contribution in [3.8, 4) is 5.75 Å². The number of rotatable bonds is 8. The van der Waals surface area contributed by atoms with Gasteiger partial charge in [-0.1, -0.05) is 19.1 Å². The van der Waals surface area contributed by atoms with E-state index in [4.69, 9.17) is 9.47 Å². The van der Waals surface area contributed by atoms with Crippen molar-refractivity contribution in [2.45, 2.75) is 39.4 Å². The van der Waals surface area contributed by atoms with Crippen molar-refractivity contribution in [2.75, 3.05) is 59.6 Å². The molecule has 1 aromatic carbocycles. The van der Waals surface area contributed by atoms with E-state index < -0.39 is 0 Å². The molecule has 2 unspecified atom stereocenters. The third-order valence-electron chi connectivity index (χ3n) is 6.05. The first-order valence-corrected chi connectivity index (χ1v) is 11.3. The lowest BCUT2D eigenvalue weighted by Gasteiger charge is -2.26. The second-order valence-electron chi connectivity index (χ2n) is 8.65. The zero-order valence-electron chi connectivity index (χ0n) is 19.5. The lowest BCUT2D eigenvalue weighted by molar-refractivity contribution is 0.0322. The van der Waals surface area contributed by atoms with Gasteiger partial charge in [-0.25, -0.2) is 0 Å². The average molecular weight is 546 g/mol. The highest BCUT2D eigenvalue weighted by atomic mass is 127. The highest BCUT2D eigenvalue weighted by Crippen LogP contribution is 2.18. The van der Waals surface area contributed by atoms with Crippen LogP contribution in [-0.2, 0) is 11.3 Å². The number of benzene rings is 1. The summed E-state index contributed by atoms with van der Waals surface area (Å²) in [5.41, 5.74) is 1.19. The van der Waals surface area contributed by atoms with Crippen LogP contribution in [0.4, 0.5) is 0 Å². The van der Waals surface area contributed by atoms with Crippen LogP contribution in [0.2, 0.25) is 0 Å². The second-order valence-corrected chi connectivity index (χ2v) is 8.65. The Morgan fingerprint density at radius 1 is 1.26 bits per heavy atom. The normalized spacial score (nSPS) is 22.9. The Morgan fingerprint density at radius 2 is 2.03 bits per heavy atom. The van der Waals surface area contributed by atoms with Gasteiger partial charge in [-0.2, -0.15) is 0 Å². The topological polar surface area (TPSA) is 61.4 Å². The smallest absolute Gasteiger partial charge is 0.191 e. The fourth-order valence-electron chi connectivity index (χ4n) is 4.03. The summed E-state index contributed by atoms with van der Waals surface area (Å²) in [7, 11) is 1.83. The molecule has 2 atom stereocenters. The third-order valence-corrected chi connectivity index (χ3v) is 6.05. The molecule has 2 aliphatic heterocycles. The van der Waals surface area contributed by atoms with Gasteiger partial charge in [0.05, 0.1) is 13.2 Å². The maximum Gasteiger partial charge on any atom is 0.191 e. The molecule has 3 rings (SSSR count). The molecule has 31 heavy (non-hydrogen) atoms. The van der Waals surface area contributed by atoms with E-state index in [1.54, 1.807) is 0 Å². The Kier molecular flexibility index (Phi) is 11.3. The van der Waals surface area contributed by atoms with E-state index >= 15 is 0 Å². The highest BCUT2D eigenvalue weighted by molar-refractivity contribution is 14.0. The molecule has 1 aromatic rings. The lowest BCUT2D eigenvalue weighted by atomic mass is 10.1. The van der Waals surface area contributed by atoms with E-state index in [1.807, 2.05) is 13.1 Å². The quantitative estimate of drug-likeness (QED) is 0.298. The van der Waals surface area contributed by atoms with Crippen molar-refractivity contribution in [3.05, 3.63) is 29.8 Å². The number of likely N-dealkylation sites (tertiary alicyclic amines) is 1. The number of aliphatic imine (C=N–C) groups is 1. The number of guanidine groups is 1. The molecule has 176 valence electrons. The molecule has 0 amide bonds. The van der Waals surface area contributed by atoms with Crippen molar-refractivity contribution in [1.29, 1.82) is 0 Å². The summed E-state index contributed by atoms with van der Waals surface area (Å²) >= 11 is 0. The summed E-state index contributed by atoms with van der Waals surface area (Å²) in [6.07, 6.45) is 0. The van der Waals surface area contributed by atoms with E-state index in [-0.39, 0.29) is 24.0 Å². The van der Waals surface area contributed by atoms with Crippen molar-refractivity contribution in [2.24, 2.45) is 10.9 Å². The van der Waals surface area contributed by atoms with Gasteiger partial charge in [-0.05, 0) is 37.5 Å². The van der Waals surface area contributed by atoms with Crippen LogP contribution in [0.25, 0.3) is 0 Å². The van der Waals surface area contributed by atoms with Gasteiger partial charge in [0.1, 0.15) is 12.4 Å². The van der Waals surface area contributed by atoms with Gasteiger partial charge in [0, 0.05) is 58.4 Å². The number of halogens is 1. The summed E-state index contributed by atoms with van der Waals surface area (Å²) in [5.74, 6) is 2.38. The molecule has 2 saturated heterocycles. The first kappa shape index (κ1) is 26.2. The van der Waals surface area contributed by atoms with Gasteiger partial charge < -0.3 is 20.1 Å². The molecule has 0 spiro atoms. The molecular weight excluding hydrogens is 505 g/mol. The summed E-state index contributed by atoms with van der Waals surface area (Å²) in [5, 5.41) is 7.06. The summed E-state index contributed by atoms with van der Waals surface area (Å²) in [6.45, 7) is 15.0. The Hall–Kier alpha value is -1.10. The van der Waals surface area contributed by atoms with E-state index in [9.17, 15) is 0 Å². The minimum atomic E-state index is 0. The monoisotopic (exact) mass is 545 g/mol. The minimum absolute atomic E-state index is 0. The van der Waals surface area contributed by atoms with E-state index in [2.05, 4.69) is 64.4 Å². The van der Waals surface area contributed by atoms with Crippen LogP contribution in [0.5, 0.6) is 5.75 Å². The predicted molar refractivity (Wildman–Crippen MR) is 138 cm³/mol. The molecule has 8 heteroatoms. The van der Waals surface area contributed by atoms with Gasteiger partial charge in [0.2, 0.25) is 0 Å². The van der Waals surface area contributed by atoms with E-state index in [1.165, 1.54) is 5.56 Å². The Bertz CT molecular complexity index is 682. The molecule has 0 aliphatic carbocycles. The maximum absolute atomic E-state index is 5.98. The average Bonchev–Trinajstić information content (AvgIpc) is 3.13. The number of nitrogens with zero attached hydrogens (tertiary/aromatic N) is 3. The molecule has 0 aromatic heterocycles. The summed E-state index contributed by atoms with van der Waals surface area (Å²) < 4.78 is 11.4. The third kappa shape index (κ3) is 8.40. The number of ether oxygens (including phenoxy) is 2. The molecule has 7 nitrogen and oxygen atoms in total. The van der Waals surface area contributed by atoms with Crippen molar-refractivity contribution >= 4 is 29.9 Å². The fraction of sp³-hybridized carbons (Fsp3) is 0.696. The summed E-state index contributed by atoms with van der Waals surface area (Å²) in [4.78, 5) is 9.33.